The van der Waals surface area contributed by atoms with Crippen LogP contribution in [0.3, 0.4) is 0 Å². The monoisotopic (exact) mass is 431 g/mol. The second-order valence-corrected chi connectivity index (χ2v) is 7.13. The van der Waals surface area contributed by atoms with Crippen LogP contribution in [0.25, 0.3) is 0 Å². The molecule has 3 amide bonds. The number of rotatable bonds is 7. The van der Waals surface area contributed by atoms with Crippen LogP contribution in [0, 0.1) is 6.92 Å². The Labute approximate surface area is 186 Å². The summed E-state index contributed by atoms with van der Waals surface area (Å²) in [4.78, 5) is 37.1. The van der Waals surface area contributed by atoms with Gasteiger partial charge in [0.05, 0.1) is 6.61 Å². The zero-order valence-electron chi connectivity index (χ0n) is 18.0. The Balaban J connectivity index is 1.55. The molecule has 0 aliphatic heterocycles. The fourth-order valence-corrected chi connectivity index (χ4v) is 2.94. The third-order valence-corrected chi connectivity index (χ3v) is 4.65. The minimum Gasteiger partial charge on any atom is -0.494 e. The van der Waals surface area contributed by atoms with E-state index in [4.69, 9.17) is 4.74 Å². The third-order valence-electron chi connectivity index (χ3n) is 4.65. The summed E-state index contributed by atoms with van der Waals surface area (Å²) >= 11 is 0. The van der Waals surface area contributed by atoms with Gasteiger partial charge in [-0.15, -0.1) is 0 Å². The summed E-state index contributed by atoms with van der Waals surface area (Å²) in [6, 6.07) is 20.4. The van der Waals surface area contributed by atoms with Crippen molar-refractivity contribution in [2.75, 3.05) is 11.9 Å². The highest BCUT2D eigenvalue weighted by Crippen LogP contribution is 2.15. The molecule has 3 rings (SSSR count). The molecule has 0 bridgehead atoms. The van der Waals surface area contributed by atoms with E-state index in [0.29, 0.717) is 34.7 Å². The summed E-state index contributed by atoms with van der Waals surface area (Å²) in [6.45, 7) is 4.42. The van der Waals surface area contributed by atoms with Crippen molar-refractivity contribution in [3.8, 4) is 5.75 Å². The number of hydrogen-bond donors (Lipinski definition) is 3. The molecule has 3 aromatic carbocycles. The van der Waals surface area contributed by atoms with E-state index in [1.54, 1.807) is 60.7 Å². The second-order valence-electron chi connectivity index (χ2n) is 7.13. The largest absolute Gasteiger partial charge is 0.494 e. The van der Waals surface area contributed by atoms with Crippen LogP contribution in [-0.4, -0.2) is 24.3 Å². The number of carbonyl (C=O) groups is 3. The first-order chi connectivity index (χ1) is 15.5. The molecule has 0 atom stereocenters. The SMILES string of the molecule is CCCOc1cccc(C(=O)NNC(=O)c2ccc(NC(=O)c3ccccc3C)cc2)c1. The van der Waals surface area contributed by atoms with Crippen molar-refractivity contribution in [3.05, 3.63) is 95.1 Å². The summed E-state index contributed by atoms with van der Waals surface area (Å²) in [5.74, 6) is -0.567. The predicted molar refractivity (Wildman–Crippen MR) is 123 cm³/mol. The van der Waals surface area contributed by atoms with Crippen LogP contribution in [0.4, 0.5) is 5.69 Å². The first kappa shape index (κ1) is 22.6. The molecule has 164 valence electrons. The molecule has 0 aliphatic rings. The maximum Gasteiger partial charge on any atom is 0.269 e. The Morgan fingerprint density at radius 2 is 1.47 bits per heavy atom. The van der Waals surface area contributed by atoms with Gasteiger partial charge in [-0.05, 0) is 67.4 Å². The summed E-state index contributed by atoms with van der Waals surface area (Å²) in [6.07, 6.45) is 0.862. The molecule has 0 radical (unpaired) electrons. The molecule has 0 aliphatic carbocycles. The van der Waals surface area contributed by atoms with Crippen molar-refractivity contribution < 1.29 is 19.1 Å². The van der Waals surface area contributed by atoms with E-state index in [0.717, 1.165) is 12.0 Å². The lowest BCUT2D eigenvalue weighted by Crippen LogP contribution is -2.41. The lowest BCUT2D eigenvalue weighted by Gasteiger charge is -2.10. The number of hydrogen-bond acceptors (Lipinski definition) is 4. The van der Waals surface area contributed by atoms with Crippen molar-refractivity contribution >= 4 is 23.4 Å². The normalized spacial score (nSPS) is 10.2. The van der Waals surface area contributed by atoms with Gasteiger partial charge >= 0.3 is 0 Å². The maximum atomic E-state index is 12.4. The highest BCUT2D eigenvalue weighted by atomic mass is 16.5. The molecule has 0 aromatic heterocycles. The van der Waals surface area contributed by atoms with Crippen LogP contribution >= 0.6 is 0 Å². The van der Waals surface area contributed by atoms with Crippen LogP contribution in [0.2, 0.25) is 0 Å². The Kier molecular flexibility index (Phi) is 7.59. The fourth-order valence-electron chi connectivity index (χ4n) is 2.94. The van der Waals surface area contributed by atoms with Gasteiger partial charge < -0.3 is 10.1 Å². The second kappa shape index (κ2) is 10.8. The molecule has 0 spiro atoms. The molecular formula is C25H25N3O4. The molecule has 32 heavy (non-hydrogen) atoms. The minimum atomic E-state index is -0.478. The Morgan fingerprint density at radius 3 is 2.16 bits per heavy atom. The quantitative estimate of drug-likeness (QED) is 0.491. The van der Waals surface area contributed by atoms with Crippen molar-refractivity contribution in [3.63, 3.8) is 0 Å². The lowest BCUT2D eigenvalue weighted by molar-refractivity contribution is 0.0846. The summed E-state index contributed by atoms with van der Waals surface area (Å²) in [5, 5.41) is 2.80. The number of nitrogens with one attached hydrogen (secondary N) is 3. The molecule has 0 fully saturated rings. The van der Waals surface area contributed by atoms with Gasteiger partial charge in [-0.1, -0.05) is 31.2 Å². The van der Waals surface area contributed by atoms with Gasteiger partial charge in [0.2, 0.25) is 0 Å². The zero-order valence-corrected chi connectivity index (χ0v) is 18.0. The van der Waals surface area contributed by atoms with Gasteiger partial charge in [-0.25, -0.2) is 0 Å². The third kappa shape index (κ3) is 5.95. The summed E-state index contributed by atoms with van der Waals surface area (Å²) in [7, 11) is 0. The number of hydrazine groups is 1. The highest BCUT2D eigenvalue weighted by Gasteiger charge is 2.12. The van der Waals surface area contributed by atoms with E-state index in [1.165, 1.54) is 0 Å². The average molecular weight is 431 g/mol. The Hall–Kier alpha value is -4.13. The van der Waals surface area contributed by atoms with Crippen molar-refractivity contribution in [1.29, 1.82) is 0 Å². The number of aryl methyl sites for hydroxylation is 1. The molecule has 7 heteroatoms. The van der Waals surface area contributed by atoms with Gasteiger partial charge in [-0.2, -0.15) is 0 Å². The molecule has 0 saturated heterocycles. The van der Waals surface area contributed by atoms with Crippen molar-refractivity contribution in [2.45, 2.75) is 20.3 Å². The van der Waals surface area contributed by atoms with Gasteiger partial charge in [0, 0.05) is 22.4 Å². The maximum absolute atomic E-state index is 12.4. The molecule has 0 heterocycles. The predicted octanol–water partition coefficient (Wildman–Crippen LogP) is 4.11. The summed E-state index contributed by atoms with van der Waals surface area (Å²) in [5.41, 5.74) is 7.50. The molecule has 0 saturated carbocycles. The first-order valence-electron chi connectivity index (χ1n) is 10.3. The Morgan fingerprint density at radius 1 is 0.781 bits per heavy atom. The molecule has 3 N–H and O–H groups in total. The molecule has 0 unspecified atom stereocenters. The van der Waals surface area contributed by atoms with Crippen LogP contribution in [-0.2, 0) is 0 Å². The van der Waals surface area contributed by atoms with Gasteiger partial charge in [0.1, 0.15) is 5.75 Å². The number of benzene rings is 3. The number of anilines is 1. The van der Waals surface area contributed by atoms with E-state index >= 15 is 0 Å². The zero-order chi connectivity index (χ0) is 22.9. The first-order valence-corrected chi connectivity index (χ1v) is 10.3. The highest BCUT2D eigenvalue weighted by molar-refractivity contribution is 6.05. The number of amides is 3. The smallest absolute Gasteiger partial charge is 0.269 e. The van der Waals surface area contributed by atoms with E-state index in [1.807, 2.05) is 26.0 Å². The number of carbonyl (C=O) groups excluding carboxylic acids is 3. The fraction of sp³-hybridized carbons (Fsp3) is 0.160. The van der Waals surface area contributed by atoms with Crippen LogP contribution in [0.1, 0.15) is 50.0 Å². The lowest BCUT2D eigenvalue weighted by atomic mass is 10.1. The average Bonchev–Trinajstić information content (AvgIpc) is 2.81. The van der Waals surface area contributed by atoms with Gasteiger partial charge in [0.15, 0.2) is 0 Å². The topological polar surface area (TPSA) is 96.5 Å². The number of ether oxygens (including phenoxy) is 1. The minimum absolute atomic E-state index is 0.224. The van der Waals surface area contributed by atoms with Crippen molar-refractivity contribution in [2.24, 2.45) is 0 Å². The van der Waals surface area contributed by atoms with E-state index in [2.05, 4.69) is 16.2 Å². The van der Waals surface area contributed by atoms with Gasteiger partial charge in [0.25, 0.3) is 17.7 Å². The van der Waals surface area contributed by atoms with Gasteiger partial charge in [-0.3, -0.25) is 25.2 Å². The van der Waals surface area contributed by atoms with E-state index < -0.39 is 11.8 Å². The Bertz CT molecular complexity index is 1110. The van der Waals surface area contributed by atoms with E-state index in [-0.39, 0.29) is 5.91 Å². The van der Waals surface area contributed by atoms with Crippen molar-refractivity contribution in [1.82, 2.24) is 10.9 Å². The van der Waals surface area contributed by atoms with E-state index in [9.17, 15) is 14.4 Å². The van der Waals surface area contributed by atoms with Crippen LogP contribution in [0.15, 0.2) is 72.8 Å². The van der Waals surface area contributed by atoms with Crippen LogP contribution < -0.4 is 20.9 Å². The standard InChI is InChI=1S/C25H25N3O4/c1-3-15-32-21-9-6-8-19(16-21)24(30)28-27-23(29)18-11-13-20(14-12-18)26-25(31)22-10-5-4-7-17(22)2/h4-14,16H,3,15H2,1-2H3,(H,26,31)(H,27,29)(H,28,30). The van der Waals surface area contributed by atoms with Crippen LogP contribution in [0.5, 0.6) is 5.75 Å². The molecule has 7 nitrogen and oxygen atoms in total. The molecule has 3 aromatic rings. The summed E-state index contributed by atoms with van der Waals surface area (Å²) < 4.78 is 5.52. The molecular weight excluding hydrogens is 406 g/mol.